The van der Waals surface area contributed by atoms with E-state index in [1.54, 1.807) is 26.1 Å². The average molecular weight is 385 g/mol. The van der Waals surface area contributed by atoms with Crippen molar-refractivity contribution in [2.24, 2.45) is 0 Å². The number of rotatable bonds is 5. The van der Waals surface area contributed by atoms with E-state index in [0.29, 0.717) is 5.56 Å². The Bertz CT molecular complexity index is 902. The van der Waals surface area contributed by atoms with E-state index in [4.69, 9.17) is 0 Å². The zero-order valence-electron chi connectivity index (χ0n) is 14.9. The number of benzene rings is 2. The molecule has 0 spiro atoms. The molecule has 7 nitrogen and oxygen atoms in total. The van der Waals surface area contributed by atoms with Gasteiger partial charge in [-0.25, -0.2) is 0 Å². The molecule has 0 saturated heterocycles. The maximum Gasteiger partial charge on any atom is 0.269 e. The van der Waals surface area contributed by atoms with Crippen molar-refractivity contribution in [2.75, 3.05) is 12.4 Å². The molecule has 8 heteroatoms. The number of amides is 2. The van der Waals surface area contributed by atoms with Crippen LogP contribution in [0.1, 0.15) is 24.9 Å². The van der Waals surface area contributed by atoms with E-state index < -0.39 is 10.2 Å². The monoisotopic (exact) mass is 385 g/mol. The number of carbonyl (C=O) groups excluding carboxylic acids is 2. The number of nitro groups is 1. The van der Waals surface area contributed by atoms with Gasteiger partial charge in [-0.1, -0.05) is 24.3 Å². The minimum absolute atomic E-state index is 0.0148. The molecule has 0 bridgehead atoms. The normalized spacial score (nSPS) is 16.8. The highest BCUT2D eigenvalue weighted by atomic mass is 32.2. The lowest BCUT2D eigenvalue weighted by atomic mass is 10.1. The summed E-state index contributed by atoms with van der Waals surface area (Å²) in [5, 5.41) is 13.3. The van der Waals surface area contributed by atoms with Crippen LogP contribution < -0.4 is 5.32 Å². The van der Waals surface area contributed by atoms with Crippen LogP contribution in [0.25, 0.3) is 0 Å². The summed E-state index contributed by atoms with van der Waals surface area (Å²) >= 11 is 1.38. The van der Waals surface area contributed by atoms with Gasteiger partial charge in [0.05, 0.1) is 21.9 Å². The lowest BCUT2D eigenvalue weighted by molar-refractivity contribution is -0.384. The summed E-state index contributed by atoms with van der Waals surface area (Å²) in [6.07, 6.45) is 0.0562. The highest BCUT2D eigenvalue weighted by molar-refractivity contribution is 8.01. The number of nitro benzene ring substituents is 1. The molecule has 1 aliphatic heterocycles. The van der Waals surface area contributed by atoms with Crippen LogP contribution in [0, 0.1) is 10.1 Å². The Morgan fingerprint density at radius 3 is 2.78 bits per heavy atom. The van der Waals surface area contributed by atoms with Gasteiger partial charge in [-0.15, -0.1) is 11.8 Å². The summed E-state index contributed by atoms with van der Waals surface area (Å²) in [5.74, 6) is -0.385. The molecule has 3 rings (SSSR count). The van der Waals surface area contributed by atoms with Crippen LogP contribution in [0.3, 0.4) is 0 Å². The molecule has 2 aromatic rings. The second-order valence-electron chi connectivity index (χ2n) is 6.33. The van der Waals surface area contributed by atoms with Crippen molar-refractivity contribution in [2.45, 2.75) is 29.5 Å². The first-order valence-corrected chi connectivity index (χ1v) is 9.31. The fourth-order valence-corrected chi connectivity index (χ4v) is 3.97. The molecule has 0 aromatic heterocycles. The van der Waals surface area contributed by atoms with Crippen molar-refractivity contribution >= 4 is 35.0 Å². The molecule has 0 unspecified atom stereocenters. The standard InChI is InChI=1S/C19H19N3O4S/c1-12(13-6-5-7-14(10-13)22(25)26)21(2)18(23)11-17-19(24)20-15-8-3-4-9-16(15)27-17/h3-10,12,17H,11H2,1-2H3,(H,20,24)/t12-,17+/m1/s1. The van der Waals surface area contributed by atoms with Crippen molar-refractivity contribution in [1.82, 2.24) is 4.90 Å². The molecule has 27 heavy (non-hydrogen) atoms. The second kappa shape index (κ2) is 7.79. The van der Waals surface area contributed by atoms with E-state index in [1.165, 1.54) is 28.8 Å². The summed E-state index contributed by atoms with van der Waals surface area (Å²) in [6, 6.07) is 13.4. The molecule has 1 N–H and O–H groups in total. The lowest BCUT2D eigenvalue weighted by Crippen LogP contribution is -2.36. The number of hydrogen-bond donors (Lipinski definition) is 1. The topological polar surface area (TPSA) is 92.6 Å². The third-order valence-electron chi connectivity index (χ3n) is 4.60. The van der Waals surface area contributed by atoms with Crippen LogP contribution in [0.15, 0.2) is 53.4 Å². The molecule has 1 heterocycles. The third-order valence-corrected chi connectivity index (χ3v) is 5.88. The van der Waals surface area contributed by atoms with Gasteiger partial charge >= 0.3 is 0 Å². The Morgan fingerprint density at radius 2 is 2.04 bits per heavy atom. The number of thioether (sulfide) groups is 1. The Morgan fingerprint density at radius 1 is 1.30 bits per heavy atom. The van der Waals surface area contributed by atoms with Gasteiger partial charge in [0.2, 0.25) is 11.8 Å². The summed E-state index contributed by atoms with van der Waals surface area (Å²) in [7, 11) is 1.64. The molecule has 0 saturated carbocycles. The average Bonchev–Trinajstić information content (AvgIpc) is 2.67. The lowest BCUT2D eigenvalue weighted by Gasteiger charge is -2.28. The molecular formula is C19H19N3O4S. The largest absolute Gasteiger partial charge is 0.339 e. The molecular weight excluding hydrogens is 366 g/mol. The maximum atomic E-state index is 12.7. The van der Waals surface area contributed by atoms with E-state index >= 15 is 0 Å². The first-order chi connectivity index (χ1) is 12.9. The van der Waals surface area contributed by atoms with Gasteiger partial charge in [-0.3, -0.25) is 19.7 Å². The minimum atomic E-state index is -0.507. The van der Waals surface area contributed by atoms with Crippen molar-refractivity contribution in [3.8, 4) is 0 Å². The van der Waals surface area contributed by atoms with Gasteiger partial charge in [-0.2, -0.15) is 0 Å². The predicted octanol–water partition coefficient (Wildman–Crippen LogP) is 3.62. The first kappa shape index (κ1) is 18.9. The maximum absolute atomic E-state index is 12.7. The smallest absolute Gasteiger partial charge is 0.269 e. The predicted molar refractivity (Wildman–Crippen MR) is 104 cm³/mol. The van der Waals surface area contributed by atoms with Crippen molar-refractivity contribution in [1.29, 1.82) is 0 Å². The minimum Gasteiger partial charge on any atom is -0.339 e. The zero-order chi connectivity index (χ0) is 19.6. The zero-order valence-corrected chi connectivity index (χ0v) is 15.7. The first-order valence-electron chi connectivity index (χ1n) is 8.43. The van der Waals surface area contributed by atoms with E-state index in [9.17, 15) is 19.7 Å². The Hall–Kier alpha value is -2.87. The van der Waals surface area contributed by atoms with Gasteiger partial charge in [0.25, 0.3) is 5.69 Å². The Labute approximate surface area is 160 Å². The third kappa shape index (κ3) is 4.11. The molecule has 1 aliphatic rings. The number of hydrogen-bond acceptors (Lipinski definition) is 5. The molecule has 0 radical (unpaired) electrons. The second-order valence-corrected chi connectivity index (χ2v) is 7.57. The van der Waals surface area contributed by atoms with Crippen LogP contribution in [0.5, 0.6) is 0 Å². The number of nitrogens with one attached hydrogen (secondary N) is 1. The fraction of sp³-hybridized carbons (Fsp3) is 0.263. The van der Waals surface area contributed by atoms with Gasteiger partial charge in [0.1, 0.15) is 0 Å². The molecule has 2 aromatic carbocycles. The Balaban J connectivity index is 1.69. The molecule has 2 atom stereocenters. The number of nitrogens with zero attached hydrogens (tertiary/aromatic N) is 2. The van der Waals surface area contributed by atoms with Gasteiger partial charge in [0, 0.05) is 30.5 Å². The van der Waals surface area contributed by atoms with Gasteiger partial charge in [-0.05, 0) is 24.6 Å². The highest BCUT2D eigenvalue weighted by Gasteiger charge is 2.31. The van der Waals surface area contributed by atoms with Crippen LogP contribution >= 0.6 is 11.8 Å². The van der Waals surface area contributed by atoms with Crippen LogP contribution in [-0.2, 0) is 9.59 Å². The number of carbonyl (C=O) groups is 2. The van der Waals surface area contributed by atoms with Crippen LogP contribution in [0.4, 0.5) is 11.4 Å². The Kier molecular flexibility index (Phi) is 5.46. The fourth-order valence-electron chi connectivity index (χ4n) is 2.87. The molecule has 140 valence electrons. The number of fused-ring (bicyclic) bond motifs is 1. The van der Waals surface area contributed by atoms with Crippen LogP contribution in [0.2, 0.25) is 0 Å². The van der Waals surface area contributed by atoms with Crippen molar-refractivity contribution in [3.05, 3.63) is 64.2 Å². The van der Waals surface area contributed by atoms with Crippen LogP contribution in [-0.4, -0.2) is 33.9 Å². The molecule has 2 amide bonds. The van der Waals surface area contributed by atoms with E-state index in [-0.39, 0.29) is 30.0 Å². The number of anilines is 1. The summed E-state index contributed by atoms with van der Waals surface area (Å²) in [4.78, 5) is 38.0. The van der Waals surface area contributed by atoms with E-state index in [2.05, 4.69) is 5.32 Å². The number of para-hydroxylation sites is 1. The summed E-state index contributed by atoms with van der Waals surface area (Å²) in [6.45, 7) is 1.81. The van der Waals surface area contributed by atoms with Crippen molar-refractivity contribution in [3.63, 3.8) is 0 Å². The van der Waals surface area contributed by atoms with Gasteiger partial charge < -0.3 is 10.2 Å². The van der Waals surface area contributed by atoms with E-state index in [0.717, 1.165) is 10.6 Å². The highest BCUT2D eigenvalue weighted by Crippen LogP contribution is 2.37. The molecule has 0 fully saturated rings. The SMILES string of the molecule is C[C@H](c1cccc([N+](=O)[O-])c1)N(C)C(=O)C[C@@H]1Sc2ccccc2NC1=O. The number of non-ortho nitro benzene ring substituents is 1. The molecule has 0 aliphatic carbocycles. The van der Waals surface area contributed by atoms with E-state index in [1.807, 2.05) is 24.3 Å². The van der Waals surface area contributed by atoms with Gasteiger partial charge in [0.15, 0.2) is 0 Å². The summed E-state index contributed by atoms with van der Waals surface area (Å²) in [5.41, 5.74) is 1.42. The quantitative estimate of drug-likeness (QED) is 0.627. The van der Waals surface area contributed by atoms with Crippen molar-refractivity contribution < 1.29 is 14.5 Å². The summed E-state index contributed by atoms with van der Waals surface area (Å²) < 4.78 is 0.